The zero-order valence-corrected chi connectivity index (χ0v) is 19.8. The molecule has 3 rings (SSSR count). The lowest BCUT2D eigenvalue weighted by Crippen LogP contribution is -2.45. The zero-order chi connectivity index (χ0) is 24.1. The Hall–Kier alpha value is -2.97. The van der Waals surface area contributed by atoms with Crippen LogP contribution in [0.2, 0.25) is 0 Å². The van der Waals surface area contributed by atoms with Gasteiger partial charge in [0.05, 0.1) is 11.7 Å². The van der Waals surface area contributed by atoms with Gasteiger partial charge in [-0.1, -0.05) is 13.0 Å². The van der Waals surface area contributed by atoms with Crippen molar-refractivity contribution in [1.29, 1.82) is 0 Å². The fraction of sp³-hybridized carbons (Fsp3) is 0.440. The van der Waals surface area contributed by atoms with Gasteiger partial charge >= 0.3 is 0 Å². The van der Waals surface area contributed by atoms with Gasteiger partial charge in [-0.15, -0.1) is 0 Å². The quantitative estimate of drug-likeness (QED) is 0.764. The molecule has 0 aromatic heterocycles. The predicted octanol–water partition coefficient (Wildman–Crippen LogP) is 3.51. The van der Waals surface area contributed by atoms with Crippen molar-refractivity contribution < 1.29 is 23.5 Å². The molecule has 1 aliphatic heterocycles. The van der Waals surface area contributed by atoms with E-state index in [1.54, 1.807) is 37.3 Å². The summed E-state index contributed by atoms with van der Waals surface area (Å²) in [5.41, 5.74) is 0.950. The first-order valence-electron chi connectivity index (χ1n) is 11.0. The van der Waals surface area contributed by atoms with Crippen LogP contribution in [0.3, 0.4) is 0 Å². The molecule has 2 aromatic rings. The third-order valence-electron chi connectivity index (χ3n) is 6.10. The van der Waals surface area contributed by atoms with Crippen LogP contribution in [0.5, 0.6) is 5.75 Å². The van der Waals surface area contributed by atoms with Crippen LogP contribution >= 0.6 is 0 Å². The fourth-order valence-electron chi connectivity index (χ4n) is 3.87. The van der Waals surface area contributed by atoms with E-state index >= 15 is 0 Å². The largest absolute Gasteiger partial charge is 0.491 e. The van der Waals surface area contributed by atoms with Crippen LogP contribution in [0.1, 0.15) is 34.6 Å². The van der Waals surface area contributed by atoms with Crippen molar-refractivity contribution in [2.45, 2.75) is 26.0 Å². The molecule has 0 radical (unpaired) electrons. The number of nitrogens with one attached hydrogen (secondary N) is 1. The molecule has 2 amide bonds. The smallest absolute Gasteiger partial charge is 0.257 e. The molecule has 0 unspecified atom stereocenters. The number of carbonyl (C=O) groups excluding carboxylic acids is 2. The Morgan fingerprint density at radius 3 is 2.61 bits per heavy atom. The highest BCUT2D eigenvalue weighted by Gasteiger charge is 2.27. The second-order valence-electron chi connectivity index (χ2n) is 8.71. The van der Waals surface area contributed by atoms with Crippen LogP contribution in [-0.2, 0) is 4.74 Å². The molecule has 0 bridgehead atoms. The second kappa shape index (κ2) is 10.8. The van der Waals surface area contributed by atoms with Crippen LogP contribution in [0, 0.1) is 11.7 Å². The molecule has 3 atom stereocenters. The van der Waals surface area contributed by atoms with Gasteiger partial charge in [-0.3, -0.25) is 14.5 Å². The lowest BCUT2D eigenvalue weighted by Gasteiger charge is -2.34. The number of rotatable bonds is 3. The zero-order valence-electron chi connectivity index (χ0n) is 19.8. The molecule has 1 N–H and O–H groups in total. The first-order valence-corrected chi connectivity index (χ1v) is 11.0. The topological polar surface area (TPSA) is 71.1 Å². The van der Waals surface area contributed by atoms with Crippen molar-refractivity contribution in [3.8, 4) is 5.75 Å². The van der Waals surface area contributed by atoms with E-state index in [0.29, 0.717) is 30.2 Å². The second-order valence-corrected chi connectivity index (χ2v) is 8.71. The van der Waals surface area contributed by atoms with E-state index < -0.39 is 11.7 Å². The number of fused-ring (bicyclic) bond motifs is 1. The van der Waals surface area contributed by atoms with Gasteiger partial charge in [0.2, 0.25) is 0 Å². The lowest BCUT2D eigenvalue weighted by atomic mass is 10.0. The molecule has 0 saturated carbocycles. The van der Waals surface area contributed by atoms with Gasteiger partial charge in [0.15, 0.2) is 0 Å². The van der Waals surface area contributed by atoms with E-state index in [4.69, 9.17) is 9.47 Å². The maximum atomic E-state index is 13.5. The number of ether oxygens (including phenoxy) is 2. The molecule has 1 aliphatic rings. The predicted molar refractivity (Wildman–Crippen MR) is 125 cm³/mol. The summed E-state index contributed by atoms with van der Waals surface area (Å²) in [5.74, 6) is -0.547. The highest BCUT2D eigenvalue weighted by molar-refractivity contribution is 6.05. The SMILES string of the molecule is CO[C@H]1CN(C)C(=O)c2cc(NC(=O)c3cccc(F)c3)ccc2OC[C@@H](C)N(C)C[C@H]1C. The Balaban J connectivity index is 1.91. The highest BCUT2D eigenvalue weighted by Crippen LogP contribution is 2.26. The van der Waals surface area contributed by atoms with Crippen LogP contribution in [-0.4, -0.2) is 74.7 Å². The van der Waals surface area contributed by atoms with Gasteiger partial charge in [0.1, 0.15) is 18.2 Å². The minimum absolute atomic E-state index is 0.123. The third kappa shape index (κ3) is 6.09. The van der Waals surface area contributed by atoms with Crippen LogP contribution in [0.15, 0.2) is 42.5 Å². The number of halogens is 1. The third-order valence-corrected chi connectivity index (χ3v) is 6.10. The summed E-state index contributed by atoms with van der Waals surface area (Å²) < 4.78 is 25.2. The Labute approximate surface area is 194 Å². The van der Waals surface area contributed by atoms with Crippen LogP contribution in [0.4, 0.5) is 10.1 Å². The van der Waals surface area contributed by atoms with Gasteiger partial charge in [-0.05, 0) is 56.3 Å². The molecular formula is C25H32FN3O4. The van der Waals surface area contributed by atoms with E-state index in [1.165, 1.54) is 18.2 Å². The molecule has 178 valence electrons. The van der Waals surface area contributed by atoms with E-state index in [0.717, 1.165) is 12.6 Å². The highest BCUT2D eigenvalue weighted by atomic mass is 19.1. The molecule has 0 spiro atoms. The number of hydrogen-bond donors (Lipinski definition) is 1. The van der Waals surface area contributed by atoms with Gasteiger partial charge in [0.25, 0.3) is 11.8 Å². The Morgan fingerprint density at radius 1 is 1.15 bits per heavy atom. The molecule has 8 heteroatoms. The normalized spacial score (nSPS) is 22.5. The Morgan fingerprint density at radius 2 is 1.91 bits per heavy atom. The number of anilines is 1. The maximum Gasteiger partial charge on any atom is 0.257 e. The van der Waals surface area contributed by atoms with E-state index in [2.05, 4.69) is 24.1 Å². The minimum Gasteiger partial charge on any atom is -0.491 e. The summed E-state index contributed by atoms with van der Waals surface area (Å²) in [7, 11) is 5.43. The summed E-state index contributed by atoms with van der Waals surface area (Å²) in [5, 5.41) is 2.74. The summed E-state index contributed by atoms with van der Waals surface area (Å²) in [4.78, 5) is 29.7. The number of amides is 2. The van der Waals surface area contributed by atoms with Crippen molar-refractivity contribution in [3.05, 3.63) is 59.4 Å². The first kappa shape index (κ1) is 24.7. The molecule has 1 heterocycles. The number of methoxy groups -OCH3 is 1. The molecule has 0 saturated heterocycles. The monoisotopic (exact) mass is 457 g/mol. The molecule has 0 aliphatic carbocycles. The van der Waals surface area contributed by atoms with Gasteiger partial charge < -0.3 is 19.7 Å². The average Bonchev–Trinajstić information content (AvgIpc) is 2.79. The van der Waals surface area contributed by atoms with Crippen molar-refractivity contribution in [1.82, 2.24) is 9.80 Å². The number of nitrogens with zero attached hydrogens (tertiary/aromatic N) is 2. The standard InChI is InChI=1S/C25H32FN3O4/c1-16-13-28(3)17(2)15-33-22-10-9-20(27-24(30)18-7-6-8-19(26)11-18)12-21(22)25(31)29(4)14-23(16)32-5/h6-12,16-17,23H,13-15H2,1-5H3,(H,27,30)/t16-,17-,23+/m1/s1. The van der Waals surface area contributed by atoms with Crippen molar-refractivity contribution >= 4 is 17.5 Å². The summed E-state index contributed by atoms with van der Waals surface area (Å²) >= 11 is 0. The molecule has 33 heavy (non-hydrogen) atoms. The number of carbonyl (C=O) groups is 2. The average molecular weight is 458 g/mol. The van der Waals surface area contributed by atoms with Crippen molar-refractivity contribution in [2.24, 2.45) is 5.92 Å². The summed E-state index contributed by atoms with van der Waals surface area (Å²) in [6.45, 7) is 5.80. The molecule has 0 fully saturated rings. The van der Waals surface area contributed by atoms with Gasteiger partial charge in [-0.25, -0.2) is 4.39 Å². The van der Waals surface area contributed by atoms with Gasteiger partial charge in [0, 0.05) is 44.5 Å². The van der Waals surface area contributed by atoms with E-state index in [-0.39, 0.29) is 29.5 Å². The Kier molecular flexibility index (Phi) is 8.05. The van der Waals surface area contributed by atoms with Crippen molar-refractivity contribution in [2.75, 3.05) is 46.2 Å². The van der Waals surface area contributed by atoms with E-state index in [9.17, 15) is 14.0 Å². The molecule has 7 nitrogen and oxygen atoms in total. The number of likely N-dealkylation sites (N-methyl/N-ethyl adjacent to an activating group) is 2. The summed E-state index contributed by atoms with van der Waals surface area (Å²) in [6, 6.07) is 10.5. The lowest BCUT2D eigenvalue weighted by molar-refractivity contribution is 0.0150. The molecular weight excluding hydrogens is 425 g/mol. The molecule has 2 aromatic carbocycles. The van der Waals surface area contributed by atoms with Crippen LogP contribution in [0.25, 0.3) is 0 Å². The maximum absolute atomic E-state index is 13.5. The fourth-order valence-corrected chi connectivity index (χ4v) is 3.87. The summed E-state index contributed by atoms with van der Waals surface area (Å²) in [6.07, 6.45) is -0.131. The number of hydrogen-bond acceptors (Lipinski definition) is 5. The number of benzene rings is 2. The van der Waals surface area contributed by atoms with Crippen LogP contribution < -0.4 is 10.1 Å². The van der Waals surface area contributed by atoms with Gasteiger partial charge in [-0.2, -0.15) is 0 Å². The van der Waals surface area contributed by atoms with E-state index in [1.807, 2.05) is 7.05 Å². The van der Waals surface area contributed by atoms with Crippen molar-refractivity contribution in [3.63, 3.8) is 0 Å². The first-order chi connectivity index (χ1) is 15.7. The Bertz CT molecular complexity index is 999. The minimum atomic E-state index is -0.494.